The molecule has 1 rings (SSSR count). The van der Waals surface area contributed by atoms with Gasteiger partial charge in [0.2, 0.25) is 0 Å². The summed E-state index contributed by atoms with van der Waals surface area (Å²) in [7, 11) is -2.52. The van der Waals surface area contributed by atoms with Crippen LogP contribution in [0.5, 0.6) is 0 Å². The van der Waals surface area contributed by atoms with Crippen molar-refractivity contribution in [1.29, 1.82) is 0 Å². The van der Waals surface area contributed by atoms with Crippen LogP contribution in [0, 0.1) is 0 Å². The van der Waals surface area contributed by atoms with E-state index in [9.17, 15) is 4.79 Å². The average molecular weight is 395 g/mol. The maximum Gasteiger partial charge on any atom is 0.501 e. The highest BCUT2D eigenvalue weighted by atomic mass is 32.2. The number of unbranched alkanes of at least 4 members (excludes halogenated alkanes) is 4. The van der Waals surface area contributed by atoms with Gasteiger partial charge in [-0.3, -0.25) is 4.79 Å². The number of rotatable bonds is 12. The normalized spacial score (nSPS) is 18.1. The molecule has 0 atom stereocenters. The Labute approximate surface area is 157 Å². The van der Waals surface area contributed by atoms with Gasteiger partial charge in [0.15, 0.2) is 5.12 Å². The zero-order valence-electron chi connectivity index (χ0n) is 15.3. The van der Waals surface area contributed by atoms with Crippen LogP contribution in [0.3, 0.4) is 0 Å². The topological polar surface area (TPSA) is 44.8 Å². The van der Waals surface area contributed by atoms with Crippen LogP contribution in [0.15, 0.2) is 0 Å². The Kier molecular flexibility index (Phi) is 13.7. The molecule has 0 aromatic heterocycles. The molecule has 0 aromatic carbocycles. The summed E-state index contributed by atoms with van der Waals surface area (Å²) in [6.07, 6.45) is 7.64. The molecular formula is C17H34O4S2Si. The standard InChI is InChI=1S/C17H34O4S2Si/c1-3-5-6-7-8-10-17(18)23-13-9-16-24(19-4-2)20-11-14-22-15-12-21-24/h3-16H2,1-2H3. The second-order valence-corrected chi connectivity index (χ2v) is 11.0. The Hall–Kier alpha value is 0.467. The van der Waals surface area contributed by atoms with Gasteiger partial charge in [0.25, 0.3) is 0 Å². The summed E-state index contributed by atoms with van der Waals surface area (Å²) in [6, 6.07) is 0.822. The van der Waals surface area contributed by atoms with E-state index < -0.39 is 8.80 Å². The Bertz CT molecular complexity index is 324. The molecule has 0 aliphatic carbocycles. The molecule has 0 saturated carbocycles. The first kappa shape index (κ1) is 22.5. The van der Waals surface area contributed by atoms with Crippen LogP contribution in [0.25, 0.3) is 0 Å². The molecule has 1 aliphatic rings. The van der Waals surface area contributed by atoms with E-state index in [0.717, 1.165) is 36.1 Å². The lowest BCUT2D eigenvalue weighted by Crippen LogP contribution is -2.47. The minimum Gasteiger partial charge on any atom is -0.374 e. The molecule has 0 unspecified atom stereocenters. The minimum atomic E-state index is -2.52. The quantitative estimate of drug-likeness (QED) is 0.351. The summed E-state index contributed by atoms with van der Waals surface area (Å²) in [4.78, 5) is 11.9. The van der Waals surface area contributed by atoms with Crippen LogP contribution in [0.1, 0.15) is 58.8 Å². The lowest BCUT2D eigenvalue weighted by molar-refractivity contribution is -0.111. The zero-order chi connectivity index (χ0) is 17.5. The summed E-state index contributed by atoms with van der Waals surface area (Å²) in [5.41, 5.74) is 0. The average Bonchev–Trinajstić information content (AvgIpc) is 2.55. The van der Waals surface area contributed by atoms with E-state index in [2.05, 4.69) is 6.92 Å². The number of carbonyl (C=O) groups is 1. The summed E-state index contributed by atoms with van der Waals surface area (Å²) in [5, 5.41) is 0.328. The number of hydrogen-bond donors (Lipinski definition) is 0. The van der Waals surface area contributed by atoms with Gasteiger partial charge >= 0.3 is 8.80 Å². The first-order valence-corrected chi connectivity index (χ1v) is 13.4. The van der Waals surface area contributed by atoms with Crippen molar-refractivity contribution in [2.24, 2.45) is 0 Å². The van der Waals surface area contributed by atoms with Crippen molar-refractivity contribution in [2.75, 3.05) is 37.1 Å². The van der Waals surface area contributed by atoms with Crippen LogP contribution < -0.4 is 0 Å². The molecule has 1 aliphatic heterocycles. The van der Waals surface area contributed by atoms with Crippen molar-refractivity contribution in [3.63, 3.8) is 0 Å². The van der Waals surface area contributed by atoms with Gasteiger partial charge in [0.1, 0.15) is 0 Å². The Balaban J connectivity index is 2.18. The Morgan fingerprint density at radius 1 is 1.08 bits per heavy atom. The summed E-state index contributed by atoms with van der Waals surface area (Å²) < 4.78 is 17.9. The highest BCUT2D eigenvalue weighted by Crippen LogP contribution is 2.23. The van der Waals surface area contributed by atoms with Gasteiger partial charge in [-0.25, -0.2) is 0 Å². The molecular weight excluding hydrogens is 360 g/mol. The fraction of sp³-hybridized carbons (Fsp3) is 0.941. The van der Waals surface area contributed by atoms with Gasteiger partial charge in [-0.1, -0.05) is 44.4 Å². The smallest absolute Gasteiger partial charge is 0.374 e. The van der Waals surface area contributed by atoms with Crippen LogP contribution in [-0.2, 0) is 18.1 Å². The molecule has 0 N–H and O–H groups in total. The lowest BCUT2D eigenvalue weighted by Gasteiger charge is -2.30. The number of carbonyl (C=O) groups excluding carboxylic acids is 1. The first-order valence-electron chi connectivity index (χ1n) is 9.37. The van der Waals surface area contributed by atoms with Crippen LogP contribution >= 0.6 is 23.5 Å². The first-order chi connectivity index (χ1) is 11.7. The molecule has 0 bridgehead atoms. The zero-order valence-corrected chi connectivity index (χ0v) is 18.0. The predicted molar refractivity (Wildman–Crippen MR) is 107 cm³/mol. The summed E-state index contributed by atoms with van der Waals surface area (Å²) in [6.45, 7) is 6.25. The lowest BCUT2D eigenvalue weighted by atomic mass is 10.1. The van der Waals surface area contributed by atoms with Crippen molar-refractivity contribution < 1.29 is 18.1 Å². The van der Waals surface area contributed by atoms with Crippen molar-refractivity contribution in [3.05, 3.63) is 0 Å². The third-order valence-corrected chi connectivity index (χ3v) is 8.75. The second-order valence-electron chi connectivity index (χ2n) is 5.91. The van der Waals surface area contributed by atoms with Crippen LogP contribution in [0.4, 0.5) is 0 Å². The molecule has 24 heavy (non-hydrogen) atoms. The van der Waals surface area contributed by atoms with Crippen LogP contribution in [-0.4, -0.2) is 51.0 Å². The number of thioether (sulfide) groups is 2. The minimum absolute atomic E-state index is 0.328. The molecule has 0 aromatic rings. The molecule has 1 heterocycles. The van der Waals surface area contributed by atoms with Crippen molar-refractivity contribution in [3.8, 4) is 0 Å². The van der Waals surface area contributed by atoms with E-state index >= 15 is 0 Å². The maximum absolute atomic E-state index is 11.9. The molecule has 4 nitrogen and oxygen atoms in total. The largest absolute Gasteiger partial charge is 0.501 e. The highest BCUT2D eigenvalue weighted by Gasteiger charge is 2.40. The van der Waals surface area contributed by atoms with Gasteiger partial charge < -0.3 is 13.3 Å². The van der Waals surface area contributed by atoms with E-state index in [1.165, 1.54) is 37.4 Å². The van der Waals surface area contributed by atoms with Crippen molar-refractivity contribution in [1.82, 2.24) is 0 Å². The molecule has 0 radical (unpaired) electrons. The third-order valence-electron chi connectivity index (χ3n) is 3.84. The van der Waals surface area contributed by atoms with E-state index in [4.69, 9.17) is 13.3 Å². The monoisotopic (exact) mass is 394 g/mol. The van der Waals surface area contributed by atoms with Gasteiger partial charge in [-0.15, -0.1) is 0 Å². The third kappa shape index (κ3) is 10.5. The molecule has 1 saturated heterocycles. The highest BCUT2D eigenvalue weighted by molar-refractivity contribution is 8.13. The fourth-order valence-corrected chi connectivity index (χ4v) is 7.12. The summed E-state index contributed by atoms with van der Waals surface area (Å²) >= 11 is 3.33. The molecule has 142 valence electrons. The second kappa shape index (κ2) is 14.6. The van der Waals surface area contributed by atoms with Gasteiger partial charge in [0.05, 0.1) is 0 Å². The SMILES string of the molecule is CCCCCCCC(=O)SCCC[Si]1(OCC)OCCSCCO1. The van der Waals surface area contributed by atoms with Crippen molar-refractivity contribution >= 4 is 37.4 Å². The molecule has 7 heteroatoms. The maximum atomic E-state index is 11.9. The Morgan fingerprint density at radius 3 is 2.46 bits per heavy atom. The van der Waals surface area contributed by atoms with Gasteiger partial charge in [-0.2, -0.15) is 11.8 Å². The van der Waals surface area contributed by atoms with E-state index in [1.54, 1.807) is 0 Å². The fourth-order valence-electron chi connectivity index (χ4n) is 2.60. The van der Waals surface area contributed by atoms with E-state index in [0.29, 0.717) is 31.4 Å². The van der Waals surface area contributed by atoms with E-state index in [-0.39, 0.29) is 0 Å². The molecule has 0 spiro atoms. The van der Waals surface area contributed by atoms with Crippen molar-refractivity contribution in [2.45, 2.75) is 64.8 Å². The van der Waals surface area contributed by atoms with Gasteiger partial charge in [-0.05, 0) is 19.8 Å². The van der Waals surface area contributed by atoms with Crippen LogP contribution in [0.2, 0.25) is 6.04 Å². The van der Waals surface area contributed by atoms with E-state index in [1.807, 2.05) is 18.7 Å². The Morgan fingerprint density at radius 2 is 1.79 bits per heavy atom. The number of hydrogen-bond acceptors (Lipinski definition) is 6. The van der Waals surface area contributed by atoms with Gasteiger partial charge in [0, 0.05) is 49.5 Å². The molecule has 0 amide bonds. The molecule has 1 fully saturated rings. The predicted octanol–water partition coefficient (Wildman–Crippen LogP) is 4.75. The summed E-state index contributed by atoms with van der Waals surface area (Å²) in [5.74, 6) is 2.87.